The number of amides is 1. The van der Waals surface area contributed by atoms with Crippen LogP contribution in [0.3, 0.4) is 0 Å². The Morgan fingerprint density at radius 3 is 2.69 bits per heavy atom. The Hall–Kier alpha value is -1.94. The van der Waals surface area contributed by atoms with Gasteiger partial charge < -0.3 is 10.1 Å². The fraction of sp³-hybridized carbons (Fsp3) is 0.409. The van der Waals surface area contributed by atoms with Crippen molar-refractivity contribution < 1.29 is 9.53 Å². The lowest BCUT2D eigenvalue weighted by atomic mass is 9.88. The number of rotatable bonds is 4. The molecule has 2 aromatic carbocycles. The molecule has 0 radical (unpaired) electrons. The van der Waals surface area contributed by atoms with Gasteiger partial charge in [0.2, 0.25) is 0 Å². The van der Waals surface area contributed by atoms with Crippen molar-refractivity contribution in [3.8, 4) is 5.75 Å². The lowest BCUT2D eigenvalue weighted by Crippen LogP contribution is -2.41. The van der Waals surface area contributed by atoms with Gasteiger partial charge in [-0.15, -0.1) is 11.8 Å². The third-order valence-electron chi connectivity index (χ3n) is 4.42. The Morgan fingerprint density at radius 1 is 1.23 bits per heavy atom. The van der Waals surface area contributed by atoms with Gasteiger partial charge in [0.1, 0.15) is 11.4 Å². The largest absolute Gasteiger partial charge is 0.487 e. The zero-order valence-electron chi connectivity index (χ0n) is 16.1. The normalized spacial score (nSPS) is 18.2. The maximum absolute atomic E-state index is 13.1. The van der Waals surface area contributed by atoms with Gasteiger partial charge in [-0.3, -0.25) is 4.79 Å². The predicted molar refractivity (Wildman–Crippen MR) is 108 cm³/mol. The quantitative estimate of drug-likeness (QED) is 0.720. The van der Waals surface area contributed by atoms with E-state index < -0.39 is 0 Å². The van der Waals surface area contributed by atoms with Gasteiger partial charge in [-0.05, 0) is 39.0 Å². The predicted octanol–water partition coefficient (Wildman–Crippen LogP) is 5.53. The number of benzene rings is 2. The van der Waals surface area contributed by atoms with Gasteiger partial charge in [0.05, 0.1) is 11.6 Å². The molecule has 1 unspecified atom stereocenters. The lowest BCUT2D eigenvalue weighted by molar-refractivity contribution is 0.0618. The van der Waals surface area contributed by atoms with E-state index in [1.165, 1.54) is 5.56 Å². The van der Waals surface area contributed by atoms with E-state index in [0.29, 0.717) is 5.25 Å². The van der Waals surface area contributed by atoms with E-state index in [9.17, 15) is 4.79 Å². The minimum atomic E-state index is -0.313. The van der Waals surface area contributed by atoms with Crippen molar-refractivity contribution in [3.63, 3.8) is 0 Å². The summed E-state index contributed by atoms with van der Waals surface area (Å²) in [6, 6.07) is 13.9. The number of carbonyl (C=O) groups is 1. The van der Waals surface area contributed by atoms with Crippen molar-refractivity contribution in [3.05, 3.63) is 59.2 Å². The Kier molecular flexibility index (Phi) is 5.33. The van der Waals surface area contributed by atoms with Gasteiger partial charge in [-0.2, -0.15) is 0 Å². The van der Waals surface area contributed by atoms with Crippen molar-refractivity contribution in [2.24, 2.45) is 0 Å². The van der Waals surface area contributed by atoms with Crippen molar-refractivity contribution in [2.45, 2.75) is 62.8 Å². The maximum Gasteiger partial charge on any atom is 0.252 e. The highest BCUT2D eigenvalue weighted by Crippen LogP contribution is 2.40. The molecule has 1 atom stereocenters. The standard InChI is InChI=1S/C22H27NO2S/c1-14(2)26-20-9-7-6-8-16(20)21(24)23-18-13-22(4,5)25-19-11-10-15(3)12-17(18)19/h6-12,14,18H,13H2,1-5H3,(H,23,24). The summed E-state index contributed by atoms with van der Waals surface area (Å²) < 4.78 is 6.11. The van der Waals surface area contributed by atoms with E-state index in [-0.39, 0.29) is 17.6 Å². The second-order valence-electron chi connectivity index (χ2n) is 7.80. The van der Waals surface area contributed by atoms with Crippen molar-refractivity contribution >= 4 is 17.7 Å². The first-order chi connectivity index (χ1) is 12.2. The number of carbonyl (C=O) groups excluding carboxylic acids is 1. The second-order valence-corrected chi connectivity index (χ2v) is 9.41. The molecule has 1 N–H and O–H groups in total. The fourth-order valence-electron chi connectivity index (χ4n) is 3.35. The molecule has 3 nitrogen and oxygen atoms in total. The van der Waals surface area contributed by atoms with E-state index in [4.69, 9.17) is 4.74 Å². The lowest BCUT2D eigenvalue weighted by Gasteiger charge is -2.38. The second kappa shape index (κ2) is 7.36. The molecule has 0 saturated heterocycles. The SMILES string of the molecule is Cc1ccc2c(c1)C(NC(=O)c1ccccc1SC(C)C)CC(C)(C)O2. The molecule has 0 fully saturated rings. The smallest absolute Gasteiger partial charge is 0.252 e. The molecule has 1 heterocycles. The molecule has 1 amide bonds. The molecule has 4 heteroatoms. The highest BCUT2D eigenvalue weighted by molar-refractivity contribution is 8.00. The Labute approximate surface area is 160 Å². The van der Waals surface area contributed by atoms with Crippen molar-refractivity contribution in [2.75, 3.05) is 0 Å². The van der Waals surface area contributed by atoms with Gasteiger partial charge >= 0.3 is 0 Å². The number of hydrogen-bond acceptors (Lipinski definition) is 3. The molecule has 0 aliphatic carbocycles. The van der Waals surface area contributed by atoms with Gasteiger partial charge in [0.15, 0.2) is 0 Å². The molecule has 0 saturated carbocycles. The first-order valence-corrected chi connectivity index (χ1v) is 9.99. The van der Waals surface area contributed by atoms with Gasteiger partial charge in [-0.1, -0.05) is 43.7 Å². The van der Waals surface area contributed by atoms with Crippen LogP contribution in [0.1, 0.15) is 61.6 Å². The first kappa shape index (κ1) is 18.8. The zero-order valence-corrected chi connectivity index (χ0v) is 16.9. The Balaban J connectivity index is 1.89. The summed E-state index contributed by atoms with van der Waals surface area (Å²) >= 11 is 1.72. The summed E-state index contributed by atoms with van der Waals surface area (Å²) in [6.07, 6.45) is 0.745. The van der Waals surface area contributed by atoms with Gasteiger partial charge in [-0.25, -0.2) is 0 Å². The zero-order chi connectivity index (χ0) is 18.9. The van der Waals surface area contributed by atoms with Gasteiger partial charge in [0.25, 0.3) is 5.91 Å². The van der Waals surface area contributed by atoms with Crippen LogP contribution in [0.15, 0.2) is 47.4 Å². The maximum atomic E-state index is 13.1. The van der Waals surface area contributed by atoms with E-state index >= 15 is 0 Å². The highest BCUT2D eigenvalue weighted by atomic mass is 32.2. The van der Waals surface area contributed by atoms with Gasteiger partial charge in [0, 0.05) is 22.1 Å². The Morgan fingerprint density at radius 2 is 1.96 bits per heavy atom. The topological polar surface area (TPSA) is 38.3 Å². The van der Waals surface area contributed by atoms with E-state index in [2.05, 4.69) is 46.0 Å². The summed E-state index contributed by atoms with van der Waals surface area (Å²) in [6.45, 7) is 10.5. The van der Waals surface area contributed by atoms with Crippen LogP contribution < -0.4 is 10.1 Å². The van der Waals surface area contributed by atoms with Crippen LogP contribution in [0.2, 0.25) is 0 Å². The summed E-state index contributed by atoms with van der Waals surface area (Å²) in [5, 5.41) is 3.68. The van der Waals surface area contributed by atoms with Crippen LogP contribution in [-0.4, -0.2) is 16.8 Å². The van der Waals surface area contributed by atoms with E-state index in [1.807, 2.05) is 36.4 Å². The van der Waals surface area contributed by atoms with Crippen LogP contribution in [-0.2, 0) is 0 Å². The average Bonchev–Trinajstić information content (AvgIpc) is 2.54. The molecular weight excluding hydrogens is 342 g/mol. The molecular formula is C22H27NO2S. The molecule has 0 bridgehead atoms. The summed E-state index contributed by atoms with van der Waals surface area (Å²) in [7, 11) is 0. The van der Waals surface area contributed by atoms with Crippen molar-refractivity contribution in [1.29, 1.82) is 0 Å². The average molecular weight is 370 g/mol. The molecule has 138 valence electrons. The molecule has 1 aliphatic rings. The van der Waals surface area contributed by atoms with Crippen LogP contribution in [0.4, 0.5) is 0 Å². The van der Waals surface area contributed by atoms with E-state index in [1.54, 1.807) is 11.8 Å². The summed E-state index contributed by atoms with van der Waals surface area (Å²) in [5.74, 6) is 0.839. The third-order valence-corrected chi connectivity index (χ3v) is 5.50. The minimum absolute atomic E-state index is 0.0242. The molecule has 0 spiro atoms. The minimum Gasteiger partial charge on any atom is -0.487 e. The summed E-state index contributed by atoms with van der Waals surface area (Å²) in [4.78, 5) is 14.1. The molecule has 0 aromatic heterocycles. The molecule has 26 heavy (non-hydrogen) atoms. The first-order valence-electron chi connectivity index (χ1n) is 9.11. The number of ether oxygens (including phenoxy) is 1. The van der Waals surface area contributed by atoms with Crippen LogP contribution >= 0.6 is 11.8 Å². The van der Waals surface area contributed by atoms with Crippen LogP contribution in [0, 0.1) is 6.92 Å². The highest BCUT2D eigenvalue weighted by Gasteiger charge is 2.34. The summed E-state index contributed by atoms with van der Waals surface area (Å²) in [5.41, 5.74) is 2.66. The number of nitrogens with one attached hydrogen (secondary N) is 1. The Bertz CT molecular complexity index is 814. The molecule has 1 aliphatic heterocycles. The number of thioether (sulfide) groups is 1. The third kappa shape index (κ3) is 4.24. The number of fused-ring (bicyclic) bond motifs is 1. The molecule has 3 rings (SSSR count). The fourth-order valence-corrected chi connectivity index (χ4v) is 4.30. The van der Waals surface area contributed by atoms with Crippen LogP contribution in [0.5, 0.6) is 5.75 Å². The molecule has 2 aromatic rings. The van der Waals surface area contributed by atoms with E-state index in [0.717, 1.165) is 28.2 Å². The van der Waals surface area contributed by atoms with Crippen molar-refractivity contribution in [1.82, 2.24) is 5.32 Å². The number of aryl methyl sites for hydroxylation is 1. The monoisotopic (exact) mass is 369 g/mol. The number of hydrogen-bond donors (Lipinski definition) is 1. The van der Waals surface area contributed by atoms with Crippen LogP contribution in [0.25, 0.3) is 0 Å².